The second-order valence-electron chi connectivity index (χ2n) is 12.9. The average molecular weight is 860 g/mol. The predicted molar refractivity (Wildman–Crippen MR) is 179 cm³/mol. The zero-order chi connectivity index (χ0) is 38.3. The number of hydrogen-bond acceptors (Lipinski definition) is 5. The van der Waals surface area contributed by atoms with Gasteiger partial charge in [0.1, 0.15) is 6.04 Å². The third-order valence-corrected chi connectivity index (χ3v) is 8.44. The Labute approximate surface area is 357 Å². The van der Waals surface area contributed by atoms with E-state index in [1.54, 1.807) is 39.0 Å². The molecule has 0 saturated carbocycles. The fourth-order valence-electron chi connectivity index (χ4n) is 5.82. The number of esters is 1. The Morgan fingerprint density at radius 1 is 0.981 bits per heavy atom. The van der Waals surface area contributed by atoms with Crippen molar-refractivity contribution in [3.05, 3.63) is 98.6 Å². The van der Waals surface area contributed by atoms with Gasteiger partial charge in [-0.2, -0.15) is 44.4 Å². The van der Waals surface area contributed by atoms with Crippen molar-refractivity contribution in [2.24, 2.45) is 11.7 Å². The molecule has 280 valence electrons. The van der Waals surface area contributed by atoms with Crippen LogP contribution in [0.4, 0.5) is 30.7 Å². The summed E-state index contributed by atoms with van der Waals surface area (Å²) in [6.07, 6.45) is -5.95. The van der Waals surface area contributed by atoms with E-state index in [0.717, 1.165) is 47.7 Å². The number of pyridine rings is 1. The summed E-state index contributed by atoms with van der Waals surface area (Å²) in [6.45, 7) is 11.3. The van der Waals surface area contributed by atoms with Crippen LogP contribution in [0.2, 0.25) is 0 Å². The molecule has 1 atom stereocenters. The topological polar surface area (TPSA) is 94.6 Å². The van der Waals surface area contributed by atoms with Gasteiger partial charge in [-0.05, 0) is 81.3 Å². The molecule has 0 spiro atoms. The summed E-state index contributed by atoms with van der Waals surface area (Å²) in [5.41, 5.74) is 4.42. The number of halogens is 7. The maximum atomic E-state index is 14.4. The molecule has 2 aromatic carbocycles. The van der Waals surface area contributed by atoms with E-state index in [9.17, 15) is 45.1 Å². The molecular formula is C37H43CsF7N3O4. The molecule has 7 nitrogen and oxygen atoms in total. The molecule has 2 N–H and O–H groups in total. The van der Waals surface area contributed by atoms with Gasteiger partial charge in [-0.25, -0.2) is 0 Å². The first-order valence-electron chi connectivity index (χ1n) is 16.5. The van der Waals surface area contributed by atoms with Crippen molar-refractivity contribution in [3.63, 3.8) is 0 Å². The number of ether oxygens (including phenoxy) is 1. The second-order valence-corrected chi connectivity index (χ2v) is 12.9. The van der Waals surface area contributed by atoms with Gasteiger partial charge in [-0.3, -0.25) is 18.8 Å². The van der Waals surface area contributed by atoms with Gasteiger partial charge in [0.05, 0.1) is 12.2 Å². The third-order valence-electron chi connectivity index (χ3n) is 8.44. The van der Waals surface area contributed by atoms with Gasteiger partial charge in [0.25, 0.3) is 11.5 Å². The fourth-order valence-corrected chi connectivity index (χ4v) is 5.82. The van der Waals surface area contributed by atoms with Crippen molar-refractivity contribution in [1.82, 2.24) is 9.47 Å². The van der Waals surface area contributed by atoms with Crippen molar-refractivity contribution in [1.29, 1.82) is 0 Å². The fraction of sp³-hybridized carbons (Fsp3) is 0.459. The number of nitrogens with zero attached hydrogens (tertiary/aromatic N) is 2. The molecule has 1 fully saturated rings. The van der Waals surface area contributed by atoms with Gasteiger partial charge < -0.3 is 19.9 Å². The van der Waals surface area contributed by atoms with Gasteiger partial charge in [0.15, 0.2) is 0 Å². The molecule has 1 saturated heterocycles. The Kier molecular flexibility index (Phi) is 17.5. The molecule has 15 heteroatoms. The van der Waals surface area contributed by atoms with Gasteiger partial charge >= 0.3 is 81.2 Å². The first kappa shape index (κ1) is 45.9. The molecule has 1 aliphatic heterocycles. The Hall–Kier alpha value is -2.28. The summed E-state index contributed by atoms with van der Waals surface area (Å²) in [5, 5.41) is 0. The molecule has 4 rings (SSSR count). The average Bonchev–Trinajstić information content (AvgIpc) is 2.98. The number of alkyl halides is 6. The van der Waals surface area contributed by atoms with Crippen LogP contribution in [0.25, 0.3) is 11.1 Å². The number of carbonyl (C=O) groups excluding carboxylic acids is 2. The first-order chi connectivity index (χ1) is 23.7. The molecule has 0 radical (unpaired) electrons. The van der Waals surface area contributed by atoms with E-state index in [4.69, 9.17) is 10.5 Å². The zero-order valence-electron chi connectivity index (χ0n) is 30.2. The largest absolute Gasteiger partial charge is 1.00 e. The van der Waals surface area contributed by atoms with Gasteiger partial charge in [0.2, 0.25) is 5.91 Å². The van der Waals surface area contributed by atoms with E-state index in [-0.39, 0.29) is 111 Å². The van der Waals surface area contributed by atoms with E-state index < -0.39 is 52.8 Å². The maximum absolute atomic E-state index is 14.4. The number of hydrogen-bond donors (Lipinski definition) is 1. The molecule has 3 aromatic rings. The van der Waals surface area contributed by atoms with Crippen LogP contribution in [0, 0.1) is 32.0 Å². The van der Waals surface area contributed by atoms with Crippen LogP contribution in [-0.4, -0.2) is 47.6 Å². The molecule has 2 heterocycles. The van der Waals surface area contributed by atoms with E-state index in [1.807, 2.05) is 13.8 Å². The van der Waals surface area contributed by atoms with Crippen molar-refractivity contribution in [2.45, 2.75) is 78.7 Å². The Morgan fingerprint density at radius 3 is 2.06 bits per heavy atom. The number of primary amides is 1. The summed E-state index contributed by atoms with van der Waals surface area (Å²) in [5.74, 6) is -2.67. The number of rotatable bonds is 12. The number of amides is 1. The summed E-state index contributed by atoms with van der Waals surface area (Å²) in [7, 11) is 0. The van der Waals surface area contributed by atoms with E-state index in [2.05, 4.69) is 4.90 Å². The van der Waals surface area contributed by atoms with Crippen molar-refractivity contribution in [3.8, 4) is 11.1 Å². The van der Waals surface area contributed by atoms with Crippen LogP contribution in [0.1, 0.15) is 79.5 Å². The van der Waals surface area contributed by atoms with Gasteiger partial charge in [-0.1, -0.05) is 43.7 Å². The minimum atomic E-state index is -4.84. The summed E-state index contributed by atoms with van der Waals surface area (Å²) in [4.78, 5) is 37.5. The number of nitrogens with two attached hydrogens (primary N) is 1. The number of aromatic nitrogens is 1. The van der Waals surface area contributed by atoms with Crippen LogP contribution in [0.3, 0.4) is 0 Å². The van der Waals surface area contributed by atoms with Gasteiger partial charge in [-0.15, -0.1) is 0 Å². The van der Waals surface area contributed by atoms with Gasteiger partial charge in [0, 0.05) is 36.6 Å². The Bertz CT molecular complexity index is 1730. The zero-order valence-corrected chi connectivity index (χ0v) is 36.5. The van der Waals surface area contributed by atoms with E-state index >= 15 is 0 Å². The van der Waals surface area contributed by atoms with Crippen LogP contribution in [0.5, 0.6) is 0 Å². The minimum Gasteiger partial charge on any atom is -0.466 e. The van der Waals surface area contributed by atoms with Crippen molar-refractivity contribution >= 4 is 11.9 Å². The summed E-state index contributed by atoms with van der Waals surface area (Å²) in [6, 6.07) is 7.14. The SMILES string of the molecule is CC(C)CC(C(N)=O)n1cc(CCN2CCC2)c(C(F)(F)F)cc1=O.CCOC(=O)C[CH-]c1cc(-c2c(C)cccc2C)cc(C(F)(F)F)c1F.[Cs+]. The molecule has 1 aliphatic rings. The number of benzene rings is 2. The number of aryl methyl sites for hydroxylation is 2. The van der Waals surface area contributed by atoms with Crippen LogP contribution in [0.15, 0.2) is 47.4 Å². The molecule has 1 aromatic heterocycles. The quantitative estimate of drug-likeness (QED) is 0.160. The Balaban J connectivity index is 0.000000354. The predicted octanol–water partition coefficient (Wildman–Crippen LogP) is 4.83. The van der Waals surface area contributed by atoms with Crippen LogP contribution >= 0.6 is 0 Å². The molecule has 52 heavy (non-hydrogen) atoms. The minimum absolute atomic E-state index is 0. The molecule has 1 unspecified atom stereocenters. The molecular weight excluding hydrogens is 816 g/mol. The van der Waals surface area contributed by atoms with E-state index in [1.165, 1.54) is 12.3 Å². The molecule has 0 aliphatic carbocycles. The standard InChI is InChI=1S/C20H19F4O2.C17H24F3N3O2.Cs/c1-4-26-17(25)9-8-14-10-15(11-16(19(14)21)20(22,23)24)18-12(2)6-5-7-13(18)3;1-11(2)8-14(16(21)25)23-10-12(4-7-22-5-3-6-22)13(9-15(23)24)17(18,19)20;/h5-8,10-11H,4,9H2,1-3H3;9-11,14H,3-8H2,1-2H3,(H2,21,25);/q-1;;+1. The van der Waals surface area contributed by atoms with Crippen LogP contribution < -0.4 is 80.2 Å². The monoisotopic (exact) mass is 859 g/mol. The third kappa shape index (κ3) is 12.7. The maximum Gasteiger partial charge on any atom is 1.00 e. The molecule has 1 amide bonds. The van der Waals surface area contributed by atoms with Crippen LogP contribution in [-0.2, 0) is 33.1 Å². The first-order valence-corrected chi connectivity index (χ1v) is 16.5. The normalized spacial score (nSPS) is 13.7. The number of carbonyl (C=O) groups is 2. The van der Waals surface area contributed by atoms with Crippen molar-refractivity contribution < 1.29 is 114 Å². The number of likely N-dealkylation sites (tertiary alicyclic amines) is 1. The molecule has 0 bridgehead atoms. The smallest absolute Gasteiger partial charge is 0.466 e. The van der Waals surface area contributed by atoms with Crippen molar-refractivity contribution in [2.75, 3.05) is 26.2 Å². The van der Waals surface area contributed by atoms with E-state index in [0.29, 0.717) is 24.6 Å². The summed E-state index contributed by atoms with van der Waals surface area (Å²) < 4.78 is 100.0. The second kappa shape index (κ2) is 19.9. The summed E-state index contributed by atoms with van der Waals surface area (Å²) >= 11 is 0. The Morgan fingerprint density at radius 2 is 1.58 bits per heavy atom.